The fourth-order valence-corrected chi connectivity index (χ4v) is 2.80. The third kappa shape index (κ3) is 3.92. The number of benzene rings is 1. The minimum absolute atomic E-state index is 0.00712. The van der Waals surface area contributed by atoms with E-state index in [9.17, 15) is 9.59 Å². The van der Waals surface area contributed by atoms with Crippen LogP contribution in [0.4, 0.5) is 0 Å². The number of amides is 1. The molecule has 1 aromatic rings. The van der Waals surface area contributed by atoms with Crippen LogP contribution in [0.5, 0.6) is 0 Å². The van der Waals surface area contributed by atoms with Gasteiger partial charge >= 0.3 is 5.97 Å². The molecule has 1 aromatic carbocycles. The van der Waals surface area contributed by atoms with Crippen LogP contribution >= 0.6 is 38.5 Å². The van der Waals surface area contributed by atoms with Gasteiger partial charge in [-0.2, -0.15) is 0 Å². The van der Waals surface area contributed by atoms with Crippen LogP contribution in [0, 0.1) is 3.57 Å². The molecule has 0 bridgehead atoms. The zero-order valence-electron chi connectivity index (χ0n) is 10.1. The summed E-state index contributed by atoms with van der Waals surface area (Å²) in [7, 11) is 0. The number of carbonyl (C=O) groups is 2. The number of hydrogen-bond acceptors (Lipinski definition) is 2. The molecule has 1 aliphatic carbocycles. The van der Waals surface area contributed by atoms with Gasteiger partial charge in [-0.1, -0.05) is 15.9 Å². The summed E-state index contributed by atoms with van der Waals surface area (Å²) in [6.45, 7) is 0.279. The first-order valence-corrected chi connectivity index (χ1v) is 7.84. The summed E-state index contributed by atoms with van der Waals surface area (Å²) in [6.07, 6.45) is 1.93. The lowest BCUT2D eigenvalue weighted by molar-refractivity contribution is -0.137. The molecule has 0 radical (unpaired) electrons. The summed E-state index contributed by atoms with van der Waals surface area (Å²) in [4.78, 5) is 24.9. The first kappa shape index (κ1) is 14.8. The maximum absolute atomic E-state index is 12.5. The molecule has 2 rings (SSSR count). The Labute approximate surface area is 133 Å². The average Bonchev–Trinajstić information content (AvgIpc) is 3.16. The Balaban J connectivity index is 2.18. The molecule has 0 aromatic heterocycles. The molecule has 102 valence electrons. The molecule has 4 nitrogen and oxygen atoms in total. The van der Waals surface area contributed by atoms with Crippen LogP contribution in [0.1, 0.15) is 29.6 Å². The number of halogens is 2. The molecule has 0 atom stereocenters. The van der Waals surface area contributed by atoms with Crippen LogP contribution < -0.4 is 0 Å². The number of rotatable bonds is 5. The van der Waals surface area contributed by atoms with E-state index in [1.54, 1.807) is 11.0 Å². The lowest BCUT2D eigenvalue weighted by Crippen LogP contribution is -2.35. The topological polar surface area (TPSA) is 57.6 Å². The van der Waals surface area contributed by atoms with Crippen molar-refractivity contribution >= 4 is 50.4 Å². The van der Waals surface area contributed by atoms with Crippen LogP contribution in [0.15, 0.2) is 22.7 Å². The van der Waals surface area contributed by atoms with Crippen LogP contribution in [0.3, 0.4) is 0 Å². The van der Waals surface area contributed by atoms with Crippen molar-refractivity contribution in [1.82, 2.24) is 4.90 Å². The van der Waals surface area contributed by atoms with Crippen molar-refractivity contribution in [3.63, 3.8) is 0 Å². The minimum Gasteiger partial charge on any atom is -0.481 e. The number of carboxylic acid groups (broad SMARTS) is 1. The van der Waals surface area contributed by atoms with E-state index in [0.717, 1.165) is 20.9 Å². The Bertz CT molecular complexity index is 517. The van der Waals surface area contributed by atoms with E-state index >= 15 is 0 Å². The standard InChI is InChI=1S/C13H13BrINO3/c14-8-1-4-11(15)10(7-8)13(19)16(9-2-3-9)6-5-12(17)18/h1,4,7,9H,2-3,5-6H2,(H,17,18). The van der Waals surface area contributed by atoms with Gasteiger partial charge in [-0.25, -0.2) is 0 Å². The first-order chi connectivity index (χ1) is 8.99. The molecule has 0 unspecified atom stereocenters. The molecule has 1 saturated carbocycles. The molecule has 0 aliphatic heterocycles. The highest BCUT2D eigenvalue weighted by Gasteiger charge is 2.33. The minimum atomic E-state index is -0.873. The van der Waals surface area contributed by atoms with E-state index in [1.807, 2.05) is 12.1 Å². The van der Waals surface area contributed by atoms with E-state index < -0.39 is 5.97 Å². The third-order valence-corrected chi connectivity index (χ3v) is 4.41. The smallest absolute Gasteiger partial charge is 0.305 e. The largest absolute Gasteiger partial charge is 0.481 e. The van der Waals surface area contributed by atoms with Gasteiger partial charge in [-0.3, -0.25) is 9.59 Å². The maximum atomic E-state index is 12.5. The number of carboxylic acids is 1. The highest BCUT2D eigenvalue weighted by molar-refractivity contribution is 14.1. The third-order valence-electron chi connectivity index (χ3n) is 2.97. The maximum Gasteiger partial charge on any atom is 0.305 e. The summed E-state index contributed by atoms with van der Waals surface area (Å²) in [5.41, 5.74) is 0.632. The van der Waals surface area contributed by atoms with Gasteiger partial charge in [0, 0.05) is 20.6 Å². The van der Waals surface area contributed by atoms with Gasteiger partial charge in [0.2, 0.25) is 0 Å². The van der Waals surface area contributed by atoms with Crippen LogP contribution in [-0.4, -0.2) is 34.5 Å². The van der Waals surface area contributed by atoms with Crippen molar-refractivity contribution in [3.8, 4) is 0 Å². The Morgan fingerprint density at radius 3 is 2.68 bits per heavy atom. The molecular weight excluding hydrogens is 425 g/mol. The highest BCUT2D eigenvalue weighted by atomic mass is 127. The molecule has 1 amide bonds. The fourth-order valence-electron chi connectivity index (χ4n) is 1.87. The second-order valence-corrected chi connectivity index (χ2v) is 6.58. The number of hydrogen-bond donors (Lipinski definition) is 1. The van der Waals surface area contributed by atoms with Crippen molar-refractivity contribution in [2.24, 2.45) is 0 Å². The van der Waals surface area contributed by atoms with E-state index in [2.05, 4.69) is 38.5 Å². The zero-order valence-corrected chi connectivity index (χ0v) is 13.8. The molecular formula is C13H13BrINO3. The van der Waals surface area contributed by atoms with E-state index in [0.29, 0.717) is 5.56 Å². The van der Waals surface area contributed by atoms with Gasteiger partial charge < -0.3 is 10.0 Å². The number of carbonyl (C=O) groups excluding carboxylic acids is 1. The van der Waals surface area contributed by atoms with Crippen molar-refractivity contribution in [2.75, 3.05) is 6.54 Å². The number of aliphatic carboxylic acids is 1. The molecule has 1 N–H and O–H groups in total. The van der Waals surface area contributed by atoms with Crippen LogP contribution in [0.25, 0.3) is 0 Å². The molecule has 6 heteroatoms. The van der Waals surface area contributed by atoms with Gasteiger partial charge in [0.25, 0.3) is 5.91 Å². The SMILES string of the molecule is O=C(O)CCN(C(=O)c1cc(Br)ccc1I)C1CC1. The van der Waals surface area contributed by atoms with Gasteiger partial charge in [0.15, 0.2) is 0 Å². The Hall–Kier alpha value is -0.630. The monoisotopic (exact) mass is 437 g/mol. The van der Waals surface area contributed by atoms with Gasteiger partial charge in [0.05, 0.1) is 12.0 Å². The van der Waals surface area contributed by atoms with Gasteiger partial charge in [-0.15, -0.1) is 0 Å². The van der Waals surface area contributed by atoms with Crippen molar-refractivity contribution in [3.05, 3.63) is 31.8 Å². The summed E-state index contributed by atoms with van der Waals surface area (Å²) in [6, 6.07) is 5.76. The Morgan fingerprint density at radius 1 is 1.42 bits per heavy atom. The first-order valence-electron chi connectivity index (χ1n) is 5.97. The summed E-state index contributed by atoms with van der Waals surface area (Å²) in [5, 5.41) is 8.77. The Morgan fingerprint density at radius 2 is 2.11 bits per heavy atom. The lowest BCUT2D eigenvalue weighted by Gasteiger charge is -2.22. The van der Waals surface area contributed by atoms with Crippen molar-refractivity contribution < 1.29 is 14.7 Å². The molecule has 0 heterocycles. The second kappa shape index (κ2) is 6.21. The van der Waals surface area contributed by atoms with Crippen LogP contribution in [0.2, 0.25) is 0 Å². The molecule has 1 aliphatic rings. The molecule has 1 fully saturated rings. The summed E-state index contributed by atoms with van der Waals surface area (Å²) in [5.74, 6) is -0.947. The fraction of sp³-hybridized carbons (Fsp3) is 0.385. The Kier molecular flexibility index (Phi) is 4.83. The molecule has 19 heavy (non-hydrogen) atoms. The second-order valence-electron chi connectivity index (χ2n) is 4.50. The predicted molar refractivity (Wildman–Crippen MR) is 83.2 cm³/mol. The van der Waals surface area contributed by atoms with E-state index in [-0.39, 0.29) is 24.9 Å². The summed E-state index contributed by atoms with van der Waals surface area (Å²) < 4.78 is 1.73. The molecule has 0 spiro atoms. The van der Waals surface area contributed by atoms with Gasteiger partial charge in [-0.05, 0) is 53.6 Å². The normalized spacial score (nSPS) is 14.2. The molecule has 0 saturated heterocycles. The van der Waals surface area contributed by atoms with Crippen LogP contribution in [-0.2, 0) is 4.79 Å². The average molecular weight is 438 g/mol. The number of nitrogens with zero attached hydrogens (tertiary/aromatic N) is 1. The van der Waals surface area contributed by atoms with Gasteiger partial charge in [0.1, 0.15) is 0 Å². The highest BCUT2D eigenvalue weighted by Crippen LogP contribution is 2.30. The zero-order chi connectivity index (χ0) is 14.0. The van der Waals surface area contributed by atoms with Crippen molar-refractivity contribution in [1.29, 1.82) is 0 Å². The van der Waals surface area contributed by atoms with E-state index in [1.165, 1.54) is 0 Å². The summed E-state index contributed by atoms with van der Waals surface area (Å²) >= 11 is 5.49. The quantitative estimate of drug-likeness (QED) is 0.720. The lowest BCUT2D eigenvalue weighted by atomic mass is 10.2. The predicted octanol–water partition coefficient (Wildman–Crippen LogP) is 3.13. The van der Waals surface area contributed by atoms with E-state index in [4.69, 9.17) is 5.11 Å². The van der Waals surface area contributed by atoms with Crippen molar-refractivity contribution in [2.45, 2.75) is 25.3 Å².